The van der Waals surface area contributed by atoms with Gasteiger partial charge in [-0.3, -0.25) is 9.59 Å². The SMILES string of the molecule is COc1cc(C#N)ccc1OC(=O)CCCNC(=O)c1ccc(Cl)cc1. The third-order valence-corrected chi connectivity index (χ3v) is 3.72. The minimum Gasteiger partial charge on any atom is -0.493 e. The Morgan fingerprint density at radius 1 is 1.15 bits per heavy atom. The second-order valence-corrected chi connectivity index (χ2v) is 5.75. The maximum Gasteiger partial charge on any atom is 0.311 e. The van der Waals surface area contributed by atoms with Crippen molar-refractivity contribution in [2.45, 2.75) is 12.8 Å². The fraction of sp³-hybridized carbons (Fsp3) is 0.211. The first kappa shape index (κ1) is 19.3. The summed E-state index contributed by atoms with van der Waals surface area (Å²) in [7, 11) is 1.43. The number of hydrogen-bond acceptors (Lipinski definition) is 5. The van der Waals surface area contributed by atoms with Crippen LogP contribution in [0.25, 0.3) is 0 Å². The first-order valence-electron chi connectivity index (χ1n) is 7.86. The minimum atomic E-state index is -0.450. The van der Waals surface area contributed by atoms with E-state index >= 15 is 0 Å². The summed E-state index contributed by atoms with van der Waals surface area (Å²) >= 11 is 5.78. The maximum absolute atomic E-state index is 11.9. The summed E-state index contributed by atoms with van der Waals surface area (Å²) in [5, 5.41) is 12.1. The van der Waals surface area contributed by atoms with Crippen molar-refractivity contribution in [3.8, 4) is 17.6 Å². The van der Waals surface area contributed by atoms with Gasteiger partial charge in [0.25, 0.3) is 5.91 Å². The predicted octanol–water partition coefficient (Wildman–Crippen LogP) is 3.34. The number of carbonyl (C=O) groups is 2. The summed E-state index contributed by atoms with van der Waals surface area (Å²) in [4.78, 5) is 23.8. The van der Waals surface area contributed by atoms with Gasteiger partial charge in [-0.1, -0.05) is 11.6 Å². The highest BCUT2D eigenvalue weighted by atomic mass is 35.5. The number of carbonyl (C=O) groups excluding carboxylic acids is 2. The van der Waals surface area contributed by atoms with Crippen LogP contribution in [-0.4, -0.2) is 25.5 Å². The molecule has 134 valence electrons. The quantitative estimate of drug-likeness (QED) is 0.457. The Balaban J connectivity index is 1.78. The molecule has 0 aromatic heterocycles. The van der Waals surface area contributed by atoms with Gasteiger partial charge in [0, 0.05) is 29.6 Å². The van der Waals surface area contributed by atoms with Crippen molar-refractivity contribution in [3.05, 3.63) is 58.6 Å². The van der Waals surface area contributed by atoms with Crippen LogP contribution >= 0.6 is 11.6 Å². The summed E-state index contributed by atoms with van der Waals surface area (Å²) in [5.41, 5.74) is 0.908. The van der Waals surface area contributed by atoms with Crippen molar-refractivity contribution >= 4 is 23.5 Å². The zero-order valence-electron chi connectivity index (χ0n) is 14.1. The van der Waals surface area contributed by atoms with E-state index in [1.807, 2.05) is 6.07 Å². The van der Waals surface area contributed by atoms with E-state index in [9.17, 15) is 9.59 Å². The number of nitrogens with zero attached hydrogens (tertiary/aromatic N) is 1. The molecule has 1 N–H and O–H groups in total. The molecule has 0 saturated heterocycles. The average Bonchev–Trinajstić information content (AvgIpc) is 2.66. The van der Waals surface area contributed by atoms with E-state index in [0.29, 0.717) is 34.9 Å². The Labute approximate surface area is 156 Å². The number of ether oxygens (including phenoxy) is 2. The van der Waals surface area contributed by atoms with Crippen LogP contribution in [0.5, 0.6) is 11.5 Å². The monoisotopic (exact) mass is 372 g/mol. The van der Waals surface area contributed by atoms with Crippen LogP contribution in [-0.2, 0) is 4.79 Å². The number of rotatable bonds is 7. The Bertz CT molecular complexity index is 828. The average molecular weight is 373 g/mol. The first-order chi connectivity index (χ1) is 12.5. The van der Waals surface area contributed by atoms with Crippen LogP contribution in [0.3, 0.4) is 0 Å². The number of nitrogens with one attached hydrogen (secondary N) is 1. The Morgan fingerprint density at radius 2 is 1.88 bits per heavy atom. The van der Waals surface area contributed by atoms with E-state index in [2.05, 4.69) is 5.32 Å². The Hall–Kier alpha value is -3.04. The second kappa shape index (κ2) is 9.44. The van der Waals surface area contributed by atoms with Crippen molar-refractivity contribution < 1.29 is 19.1 Å². The molecule has 2 aromatic carbocycles. The summed E-state index contributed by atoms with van der Waals surface area (Å²) in [5.74, 6) is -0.118. The van der Waals surface area contributed by atoms with E-state index in [4.69, 9.17) is 26.3 Å². The van der Waals surface area contributed by atoms with Crippen LogP contribution in [0.1, 0.15) is 28.8 Å². The minimum absolute atomic E-state index is 0.129. The topological polar surface area (TPSA) is 88.4 Å². The number of esters is 1. The lowest BCUT2D eigenvalue weighted by atomic mass is 10.2. The number of halogens is 1. The van der Waals surface area contributed by atoms with Gasteiger partial charge < -0.3 is 14.8 Å². The highest BCUT2D eigenvalue weighted by Crippen LogP contribution is 2.28. The fourth-order valence-electron chi connectivity index (χ4n) is 2.13. The number of methoxy groups -OCH3 is 1. The van der Waals surface area contributed by atoms with Crippen molar-refractivity contribution in [1.82, 2.24) is 5.32 Å². The van der Waals surface area contributed by atoms with Crippen LogP contribution < -0.4 is 14.8 Å². The van der Waals surface area contributed by atoms with Crippen molar-refractivity contribution in [3.63, 3.8) is 0 Å². The molecule has 0 aliphatic rings. The molecule has 0 heterocycles. The van der Waals surface area contributed by atoms with Crippen molar-refractivity contribution in [1.29, 1.82) is 5.26 Å². The summed E-state index contributed by atoms with van der Waals surface area (Å²) < 4.78 is 10.3. The molecule has 0 spiro atoms. The molecule has 0 bridgehead atoms. The third-order valence-electron chi connectivity index (χ3n) is 3.47. The Morgan fingerprint density at radius 3 is 2.54 bits per heavy atom. The third kappa shape index (κ3) is 5.50. The van der Waals surface area contributed by atoms with Gasteiger partial charge in [0.15, 0.2) is 11.5 Å². The maximum atomic E-state index is 11.9. The number of benzene rings is 2. The molecule has 0 unspecified atom stereocenters. The molecule has 7 heteroatoms. The molecule has 1 amide bonds. The van der Waals surface area contributed by atoms with E-state index in [1.54, 1.807) is 24.3 Å². The van der Waals surface area contributed by atoms with Gasteiger partial charge in [0.2, 0.25) is 0 Å². The normalized spacial score (nSPS) is 9.88. The molecule has 26 heavy (non-hydrogen) atoms. The van der Waals surface area contributed by atoms with Crippen LogP contribution in [0.4, 0.5) is 0 Å². The molecule has 2 rings (SSSR count). The van der Waals surface area contributed by atoms with E-state index in [1.165, 1.54) is 25.3 Å². The van der Waals surface area contributed by atoms with Crippen LogP contribution in [0, 0.1) is 11.3 Å². The lowest BCUT2D eigenvalue weighted by Crippen LogP contribution is -2.25. The largest absolute Gasteiger partial charge is 0.493 e. The highest BCUT2D eigenvalue weighted by Gasteiger charge is 2.11. The second-order valence-electron chi connectivity index (χ2n) is 5.32. The molecule has 0 aliphatic heterocycles. The van der Waals surface area contributed by atoms with Crippen molar-refractivity contribution in [2.24, 2.45) is 0 Å². The zero-order valence-corrected chi connectivity index (χ0v) is 14.9. The molecule has 0 radical (unpaired) electrons. The van der Waals surface area contributed by atoms with Gasteiger partial charge >= 0.3 is 5.97 Å². The molecular formula is C19H17ClN2O4. The van der Waals surface area contributed by atoms with Crippen molar-refractivity contribution in [2.75, 3.05) is 13.7 Å². The molecule has 0 saturated carbocycles. The Kier molecular flexibility index (Phi) is 7.01. The number of hydrogen-bond donors (Lipinski definition) is 1. The summed E-state index contributed by atoms with van der Waals surface area (Å²) in [6, 6.07) is 13.1. The number of amides is 1. The van der Waals surface area contributed by atoms with Crippen LogP contribution in [0.2, 0.25) is 5.02 Å². The lowest BCUT2D eigenvalue weighted by Gasteiger charge is -2.09. The van der Waals surface area contributed by atoms with Gasteiger partial charge in [-0.2, -0.15) is 5.26 Å². The highest BCUT2D eigenvalue weighted by molar-refractivity contribution is 6.30. The van der Waals surface area contributed by atoms with Gasteiger partial charge in [0.05, 0.1) is 18.7 Å². The van der Waals surface area contributed by atoms with E-state index in [-0.39, 0.29) is 18.1 Å². The van der Waals surface area contributed by atoms with Crippen LogP contribution in [0.15, 0.2) is 42.5 Å². The smallest absolute Gasteiger partial charge is 0.311 e. The molecule has 0 aliphatic carbocycles. The summed E-state index contributed by atoms with van der Waals surface area (Å²) in [6.45, 7) is 0.334. The summed E-state index contributed by atoms with van der Waals surface area (Å²) in [6.07, 6.45) is 0.556. The standard InChI is InChI=1S/C19H17ClN2O4/c1-25-17-11-13(12-21)4-9-16(17)26-18(23)3-2-10-22-19(24)14-5-7-15(20)8-6-14/h4-9,11H,2-3,10H2,1H3,(H,22,24). The van der Waals surface area contributed by atoms with Gasteiger partial charge in [0.1, 0.15) is 0 Å². The zero-order chi connectivity index (χ0) is 18.9. The number of nitriles is 1. The fourth-order valence-corrected chi connectivity index (χ4v) is 2.26. The predicted molar refractivity (Wildman–Crippen MR) is 96.4 cm³/mol. The van der Waals surface area contributed by atoms with E-state index < -0.39 is 5.97 Å². The van der Waals surface area contributed by atoms with Gasteiger partial charge in [-0.25, -0.2) is 0 Å². The molecule has 0 atom stereocenters. The lowest BCUT2D eigenvalue weighted by molar-refractivity contribution is -0.134. The van der Waals surface area contributed by atoms with E-state index in [0.717, 1.165) is 0 Å². The molecular weight excluding hydrogens is 356 g/mol. The van der Waals surface area contributed by atoms with Gasteiger partial charge in [-0.15, -0.1) is 0 Å². The molecule has 0 fully saturated rings. The molecule has 6 nitrogen and oxygen atoms in total. The first-order valence-corrected chi connectivity index (χ1v) is 8.24. The molecule has 2 aromatic rings. The van der Waals surface area contributed by atoms with Gasteiger partial charge in [-0.05, 0) is 42.8 Å².